The van der Waals surface area contributed by atoms with Crippen molar-refractivity contribution < 1.29 is 4.39 Å². The van der Waals surface area contributed by atoms with E-state index in [1.54, 1.807) is 24.4 Å². The lowest BCUT2D eigenvalue weighted by Gasteiger charge is -2.09. The number of aromatic nitrogens is 2. The van der Waals surface area contributed by atoms with Gasteiger partial charge >= 0.3 is 0 Å². The molecule has 118 valence electrons. The molecule has 0 amide bonds. The first kappa shape index (κ1) is 14.4. The molecule has 4 nitrogen and oxygen atoms in total. The van der Waals surface area contributed by atoms with Crippen molar-refractivity contribution in [3.63, 3.8) is 0 Å². The molecule has 24 heavy (non-hydrogen) atoms. The summed E-state index contributed by atoms with van der Waals surface area (Å²) in [6, 6.07) is 15.8. The van der Waals surface area contributed by atoms with Crippen LogP contribution in [0.15, 0.2) is 65.6 Å². The van der Waals surface area contributed by atoms with Crippen molar-refractivity contribution in [2.75, 3.05) is 5.32 Å². The highest BCUT2D eigenvalue weighted by Gasteiger charge is 2.06. The molecule has 0 spiro atoms. The first-order valence-corrected chi connectivity index (χ1v) is 7.60. The normalized spacial score (nSPS) is 11.0. The summed E-state index contributed by atoms with van der Waals surface area (Å²) < 4.78 is 12.9. The van der Waals surface area contributed by atoms with Gasteiger partial charge in [-0.2, -0.15) is 0 Å². The standard InChI is InChI=1S/C19H14FN3O/c20-13-7-5-12(6-8-13)10-21-14-9-17-15-3-1-2-4-16(15)19(24)23-18(17)22-11-14/h1-9,11,21H,10H2,(H,22,23,24). The third-order valence-corrected chi connectivity index (χ3v) is 3.99. The number of anilines is 1. The predicted molar refractivity (Wildman–Crippen MR) is 93.6 cm³/mol. The van der Waals surface area contributed by atoms with Gasteiger partial charge in [0.05, 0.1) is 11.9 Å². The van der Waals surface area contributed by atoms with E-state index in [-0.39, 0.29) is 11.4 Å². The molecule has 0 unspecified atom stereocenters. The largest absolute Gasteiger partial charge is 0.380 e. The molecule has 0 radical (unpaired) electrons. The molecule has 2 aromatic heterocycles. The van der Waals surface area contributed by atoms with E-state index in [2.05, 4.69) is 15.3 Å². The molecule has 0 aliphatic heterocycles. The van der Waals surface area contributed by atoms with E-state index in [0.717, 1.165) is 22.0 Å². The van der Waals surface area contributed by atoms with Gasteiger partial charge in [-0.25, -0.2) is 9.37 Å². The molecule has 0 bridgehead atoms. The second kappa shape index (κ2) is 5.77. The first-order valence-electron chi connectivity index (χ1n) is 7.60. The third kappa shape index (κ3) is 2.60. The quantitative estimate of drug-likeness (QED) is 0.564. The number of hydrogen-bond acceptors (Lipinski definition) is 3. The van der Waals surface area contributed by atoms with E-state index in [9.17, 15) is 9.18 Å². The first-order chi connectivity index (χ1) is 11.7. The van der Waals surface area contributed by atoms with Crippen molar-refractivity contribution in [1.29, 1.82) is 0 Å². The zero-order valence-corrected chi connectivity index (χ0v) is 12.7. The maximum absolute atomic E-state index is 12.9. The number of aromatic amines is 1. The van der Waals surface area contributed by atoms with Crippen LogP contribution in [-0.2, 0) is 6.54 Å². The average molecular weight is 319 g/mol. The average Bonchev–Trinajstić information content (AvgIpc) is 2.62. The molecule has 0 aliphatic rings. The van der Waals surface area contributed by atoms with Gasteiger partial charge in [-0.05, 0) is 35.2 Å². The van der Waals surface area contributed by atoms with Crippen LogP contribution in [0.2, 0.25) is 0 Å². The van der Waals surface area contributed by atoms with Gasteiger partial charge in [-0.1, -0.05) is 30.3 Å². The number of hydrogen-bond donors (Lipinski definition) is 2. The van der Waals surface area contributed by atoms with E-state index in [0.29, 0.717) is 17.6 Å². The Morgan fingerprint density at radius 1 is 1.00 bits per heavy atom. The Balaban J connectivity index is 1.72. The molecule has 0 atom stereocenters. The van der Waals surface area contributed by atoms with E-state index in [1.807, 2.05) is 24.3 Å². The highest BCUT2D eigenvalue weighted by molar-refractivity contribution is 6.04. The molecular formula is C19H14FN3O. The van der Waals surface area contributed by atoms with Gasteiger partial charge in [0.2, 0.25) is 0 Å². The summed E-state index contributed by atoms with van der Waals surface area (Å²) in [5.41, 5.74) is 2.23. The van der Waals surface area contributed by atoms with Crippen LogP contribution in [0.25, 0.3) is 21.8 Å². The Labute approximate surface area is 137 Å². The Hall–Kier alpha value is -3.21. The summed E-state index contributed by atoms with van der Waals surface area (Å²) in [6.07, 6.45) is 1.68. The van der Waals surface area contributed by atoms with Crippen molar-refractivity contribution in [3.8, 4) is 0 Å². The van der Waals surface area contributed by atoms with Crippen LogP contribution >= 0.6 is 0 Å². The number of nitrogens with one attached hydrogen (secondary N) is 2. The summed E-state index contributed by atoms with van der Waals surface area (Å²) in [7, 11) is 0. The Bertz CT molecular complexity index is 1090. The van der Waals surface area contributed by atoms with Crippen molar-refractivity contribution in [3.05, 3.63) is 82.5 Å². The predicted octanol–water partition coefficient (Wildman–Crippen LogP) is 3.83. The molecule has 0 aliphatic carbocycles. The van der Waals surface area contributed by atoms with Crippen molar-refractivity contribution >= 4 is 27.5 Å². The van der Waals surface area contributed by atoms with E-state index in [1.165, 1.54) is 12.1 Å². The molecule has 0 saturated carbocycles. The van der Waals surface area contributed by atoms with E-state index < -0.39 is 0 Å². The van der Waals surface area contributed by atoms with Gasteiger partial charge in [-0.3, -0.25) is 4.79 Å². The maximum atomic E-state index is 12.9. The highest BCUT2D eigenvalue weighted by Crippen LogP contribution is 2.22. The molecule has 2 aromatic carbocycles. The fraction of sp³-hybridized carbons (Fsp3) is 0.0526. The number of fused-ring (bicyclic) bond motifs is 3. The van der Waals surface area contributed by atoms with E-state index >= 15 is 0 Å². The second-order valence-corrected chi connectivity index (χ2v) is 5.60. The number of H-pyrrole nitrogens is 1. The summed E-state index contributed by atoms with van der Waals surface area (Å²) in [5, 5.41) is 5.67. The molecule has 5 heteroatoms. The molecule has 4 aromatic rings. The lowest BCUT2D eigenvalue weighted by atomic mass is 10.1. The second-order valence-electron chi connectivity index (χ2n) is 5.60. The molecule has 0 fully saturated rings. The Kier molecular flexibility index (Phi) is 3.46. The number of benzene rings is 2. The minimum atomic E-state index is -0.249. The van der Waals surface area contributed by atoms with Crippen molar-refractivity contribution in [2.24, 2.45) is 0 Å². The molecular weight excluding hydrogens is 305 g/mol. The van der Waals surface area contributed by atoms with E-state index in [4.69, 9.17) is 0 Å². The minimum Gasteiger partial charge on any atom is -0.380 e. The van der Waals surface area contributed by atoms with Gasteiger partial charge in [0.15, 0.2) is 0 Å². The van der Waals surface area contributed by atoms with Crippen LogP contribution in [0, 0.1) is 5.82 Å². The monoisotopic (exact) mass is 319 g/mol. The van der Waals surface area contributed by atoms with Crippen LogP contribution in [-0.4, -0.2) is 9.97 Å². The molecule has 4 rings (SSSR count). The van der Waals surface area contributed by atoms with Crippen molar-refractivity contribution in [1.82, 2.24) is 9.97 Å². The zero-order chi connectivity index (χ0) is 16.5. The molecule has 0 saturated heterocycles. The van der Waals surface area contributed by atoms with Crippen molar-refractivity contribution in [2.45, 2.75) is 6.54 Å². The number of pyridine rings is 2. The van der Waals surface area contributed by atoms with Crippen LogP contribution in [0.4, 0.5) is 10.1 Å². The van der Waals surface area contributed by atoms with Crippen LogP contribution in [0.1, 0.15) is 5.56 Å². The van der Waals surface area contributed by atoms with Crippen LogP contribution in [0.3, 0.4) is 0 Å². The lowest BCUT2D eigenvalue weighted by Crippen LogP contribution is -2.07. The van der Waals surface area contributed by atoms with Gasteiger partial charge in [0.25, 0.3) is 5.56 Å². The highest BCUT2D eigenvalue weighted by atomic mass is 19.1. The van der Waals surface area contributed by atoms with Gasteiger partial charge < -0.3 is 10.3 Å². The molecule has 2 N–H and O–H groups in total. The fourth-order valence-corrected chi connectivity index (χ4v) is 2.76. The topological polar surface area (TPSA) is 57.8 Å². The summed E-state index contributed by atoms with van der Waals surface area (Å²) in [6.45, 7) is 0.564. The molecule has 2 heterocycles. The SMILES string of the molecule is O=c1[nH]c2ncc(NCc3ccc(F)cc3)cc2c2ccccc12. The maximum Gasteiger partial charge on any atom is 0.257 e. The number of rotatable bonds is 3. The van der Waals surface area contributed by atoms with Crippen LogP contribution in [0.5, 0.6) is 0 Å². The Morgan fingerprint density at radius 2 is 1.75 bits per heavy atom. The van der Waals surface area contributed by atoms with Gasteiger partial charge in [0.1, 0.15) is 11.5 Å². The van der Waals surface area contributed by atoms with Gasteiger partial charge in [0, 0.05) is 17.3 Å². The summed E-state index contributed by atoms with van der Waals surface area (Å²) in [5.74, 6) is -0.249. The van der Waals surface area contributed by atoms with Gasteiger partial charge in [-0.15, -0.1) is 0 Å². The minimum absolute atomic E-state index is 0.141. The summed E-state index contributed by atoms with van der Waals surface area (Å²) in [4.78, 5) is 19.2. The smallest absolute Gasteiger partial charge is 0.257 e. The third-order valence-electron chi connectivity index (χ3n) is 3.99. The zero-order valence-electron chi connectivity index (χ0n) is 12.7. The summed E-state index contributed by atoms with van der Waals surface area (Å²) >= 11 is 0. The Morgan fingerprint density at radius 3 is 2.54 bits per heavy atom. The van der Waals surface area contributed by atoms with Crippen LogP contribution < -0.4 is 10.9 Å². The number of halogens is 1. The lowest BCUT2D eigenvalue weighted by molar-refractivity contribution is 0.627. The fourth-order valence-electron chi connectivity index (χ4n) is 2.76. The number of nitrogens with zero attached hydrogens (tertiary/aromatic N) is 1.